The van der Waals surface area contributed by atoms with Crippen molar-refractivity contribution < 1.29 is 14.6 Å². The molecule has 1 atom stereocenters. The van der Waals surface area contributed by atoms with Gasteiger partial charge in [0.05, 0.1) is 17.9 Å². The summed E-state index contributed by atoms with van der Waals surface area (Å²) in [5.41, 5.74) is 2.64. The van der Waals surface area contributed by atoms with Gasteiger partial charge >= 0.3 is 0 Å². The van der Waals surface area contributed by atoms with Crippen LogP contribution in [0.3, 0.4) is 0 Å². The third-order valence-corrected chi connectivity index (χ3v) is 4.76. The predicted molar refractivity (Wildman–Crippen MR) is 96.1 cm³/mol. The molecule has 1 aliphatic rings. The van der Waals surface area contributed by atoms with Crippen LogP contribution in [0.25, 0.3) is 0 Å². The van der Waals surface area contributed by atoms with E-state index in [4.69, 9.17) is 9.52 Å². The van der Waals surface area contributed by atoms with E-state index in [1.54, 1.807) is 0 Å². The molecule has 0 radical (unpaired) electrons. The Kier molecular flexibility index (Phi) is 4.88. The Bertz CT molecular complexity index is 856. The average molecular weight is 353 g/mol. The highest BCUT2D eigenvalue weighted by Crippen LogP contribution is 2.24. The van der Waals surface area contributed by atoms with Crippen LogP contribution >= 0.6 is 0 Å². The number of rotatable bonds is 5. The number of hydrogen-bond acceptors (Lipinski definition) is 5. The molecular weight excluding hydrogens is 330 g/mol. The van der Waals surface area contributed by atoms with Gasteiger partial charge in [0.25, 0.3) is 0 Å². The first-order chi connectivity index (χ1) is 12.7. The SMILES string of the molecule is OCc1ccc(CN2CCCn3nc(C(O)c4ccccc4)cc3C2)o1. The molecule has 0 aliphatic carbocycles. The summed E-state index contributed by atoms with van der Waals surface area (Å²) in [5.74, 6) is 1.44. The van der Waals surface area contributed by atoms with Crippen LogP contribution < -0.4 is 0 Å². The Balaban J connectivity index is 1.50. The second kappa shape index (κ2) is 7.45. The standard InChI is InChI=1S/C20H23N3O3/c24-14-18-8-7-17(26-18)13-22-9-4-10-23-16(12-22)11-19(21-23)20(25)15-5-2-1-3-6-15/h1-3,5-8,11,20,24-25H,4,9-10,12-14H2. The number of aryl methyl sites for hydroxylation is 1. The largest absolute Gasteiger partial charge is 0.462 e. The zero-order valence-corrected chi connectivity index (χ0v) is 14.6. The first kappa shape index (κ1) is 17.0. The van der Waals surface area contributed by atoms with Crippen LogP contribution in [0.4, 0.5) is 0 Å². The van der Waals surface area contributed by atoms with Gasteiger partial charge in [-0.3, -0.25) is 9.58 Å². The monoisotopic (exact) mass is 353 g/mol. The highest BCUT2D eigenvalue weighted by atomic mass is 16.4. The Hall–Kier alpha value is -2.41. The van der Waals surface area contributed by atoms with Gasteiger partial charge in [-0.05, 0) is 30.2 Å². The van der Waals surface area contributed by atoms with Crippen molar-refractivity contribution in [3.8, 4) is 0 Å². The van der Waals surface area contributed by atoms with Crippen LogP contribution in [0.15, 0.2) is 52.9 Å². The first-order valence-corrected chi connectivity index (χ1v) is 8.93. The third-order valence-electron chi connectivity index (χ3n) is 4.76. The van der Waals surface area contributed by atoms with Crippen molar-refractivity contribution in [2.45, 2.75) is 38.8 Å². The summed E-state index contributed by atoms with van der Waals surface area (Å²) in [6.45, 7) is 3.17. The summed E-state index contributed by atoms with van der Waals surface area (Å²) in [6, 6.07) is 15.3. The minimum absolute atomic E-state index is 0.0759. The molecule has 136 valence electrons. The van der Waals surface area contributed by atoms with Crippen LogP contribution in [-0.2, 0) is 26.2 Å². The molecule has 1 aliphatic heterocycles. The number of furan rings is 1. The second-order valence-corrected chi connectivity index (χ2v) is 6.69. The molecule has 4 rings (SSSR count). The molecular formula is C20H23N3O3. The highest BCUT2D eigenvalue weighted by molar-refractivity contribution is 5.26. The number of aliphatic hydroxyl groups excluding tert-OH is 2. The number of aliphatic hydroxyl groups is 2. The summed E-state index contributed by atoms with van der Waals surface area (Å²) in [6.07, 6.45) is 0.282. The lowest BCUT2D eigenvalue weighted by Crippen LogP contribution is -2.22. The molecule has 6 nitrogen and oxygen atoms in total. The van der Waals surface area contributed by atoms with E-state index in [-0.39, 0.29) is 6.61 Å². The second-order valence-electron chi connectivity index (χ2n) is 6.69. The van der Waals surface area contributed by atoms with Gasteiger partial charge in [-0.1, -0.05) is 30.3 Å². The lowest BCUT2D eigenvalue weighted by molar-refractivity contribution is 0.212. The fraction of sp³-hybridized carbons (Fsp3) is 0.350. The van der Waals surface area contributed by atoms with Crippen molar-refractivity contribution in [3.63, 3.8) is 0 Å². The maximum absolute atomic E-state index is 10.6. The minimum atomic E-state index is -0.707. The molecule has 0 fully saturated rings. The van der Waals surface area contributed by atoms with Crippen LogP contribution in [0.1, 0.15) is 41.0 Å². The highest BCUT2D eigenvalue weighted by Gasteiger charge is 2.21. The van der Waals surface area contributed by atoms with E-state index >= 15 is 0 Å². The molecule has 3 heterocycles. The lowest BCUT2D eigenvalue weighted by Gasteiger charge is -2.17. The van der Waals surface area contributed by atoms with E-state index in [1.807, 2.05) is 53.2 Å². The molecule has 0 amide bonds. The van der Waals surface area contributed by atoms with Gasteiger partial charge in [0.15, 0.2) is 0 Å². The third kappa shape index (κ3) is 3.58. The van der Waals surface area contributed by atoms with E-state index in [9.17, 15) is 5.11 Å². The Labute approximate surface area is 152 Å². The van der Waals surface area contributed by atoms with Gasteiger partial charge in [0, 0.05) is 19.6 Å². The van der Waals surface area contributed by atoms with Gasteiger partial charge in [-0.15, -0.1) is 0 Å². The van der Waals surface area contributed by atoms with Crippen molar-refractivity contribution in [1.82, 2.24) is 14.7 Å². The Morgan fingerprint density at radius 3 is 2.65 bits per heavy atom. The smallest absolute Gasteiger partial charge is 0.129 e. The van der Waals surface area contributed by atoms with Crippen molar-refractivity contribution in [2.75, 3.05) is 6.54 Å². The fourth-order valence-electron chi connectivity index (χ4n) is 3.44. The predicted octanol–water partition coefficient (Wildman–Crippen LogP) is 2.46. The molecule has 1 unspecified atom stereocenters. The molecule has 1 aromatic carbocycles. The van der Waals surface area contributed by atoms with Gasteiger partial charge in [0.1, 0.15) is 24.2 Å². The van der Waals surface area contributed by atoms with Crippen LogP contribution in [0.2, 0.25) is 0 Å². The summed E-state index contributed by atoms with van der Waals surface area (Å²) < 4.78 is 7.61. The zero-order valence-electron chi connectivity index (χ0n) is 14.6. The van der Waals surface area contributed by atoms with Crippen molar-refractivity contribution >= 4 is 0 Å². The minimum Gasteiger partial charge on any atom is -0.462 e. The van der Waals surface area contributed by atoms with Gasteiger partial charge < -0.3 is 14.6 Å². The molecule has 2 aromatic heterocycles. The molecule has 6 heteroatoms. The van der Waals surface area contributed by atoms with E-state index in [0.717, 1.165) is 43.1 Å². The van der Waals surface area contributed by atoms with Gasteiger partial charge in [-0.25, -0.2) is 0 Å². The Morgan fingerprint density at radius 2 is 1.88 bits per heavy atom. The van der Waals surface area contributed by atoms with E-state index in [2.05, 4.69) is 10.00 Å². The van der Waals surface area contributed by atoms with Crippen LogP contribution in [0, 0.1) is 0 Å². The van der Waals surface area contributed by atoms with E-state index in [1.165, 1.54) is 0 Å². The van der Waals surface area contributed by atoms with Gasteiger partial charge in [0.2, 0.25) is 0 Å². The van der Waals surface area contributed by atoms with Crippen molar-refractivity contribution in [2.24, 2.45) is 0 Å². The van der Waals surface area contributed by atoms with E-state index < -0.39 is 6.10 Å². The first-order valence-electron chi connectivity index (χ1n) is 8.93. The molecule has 0 saturated heterocycles. The maximum atomic E-state index is 10.6. The Morgan fingerprint density at radius 1 is 1.08 bits per heavy atom. The summed E-state index contributed by atoms with van der Waals surface area (Å²) in [5, 5.41) is 24.4. The molecule has 3 aromatic rings. The molecule has 2 N–H and O–H groups in total. The van der Waals surface area contributed by atoms with E-state index in [0.29, 0.717) is 18.0 Å². The summed E-state index contributed by atoms with van der Waals surface area (Å²) in [4.78, 5) is 2.30. The maximum Gasteiger partial charge on any atom is 0.129 e. The quantitative estimate of drug-likeness (QED) is 0.737. The number of nitrogens with zero attached hydrogens (tertiary/aromatic N) is 3. The molecule has 0 saturated carbocycles. The van der Waals surface area contributed by atoms with Crippen LogP contribution in [0.5, 0.6) is 0 Å². The van der Waals surface area contributed by atoms with Crippen molar-refractivity contribution in [3.05, 3.63) is 77.0 Å². The topological polar surface area (TPSA) is 74.7 Å². The normalized spacial score (nSPS) is 16.2. The fourth-order valence-corrected chi connectivity index (χ4v) is 3.44. The number of fused-ring (bicyclic) bond motifs is 1. The summed E-state index contributed by atoms with van der Waals surface area (Å²) >= 11 is 0. The number of aromatic nitrogens is 2. The lowest BCUT2D eigenvalue weighted by atomic mass is 10.1. The number of benzene rings is 1. The van der Waals surface area contributed by atoms with Gasteiger partial charge in [-0.2, -0.15) is 5.10 Å². The average Bonchev–Trinajstić information content (AvgIpc) is 3.24. The number of hydrogen-bond donors (Lipinski definition) is 2. The van der Waals surface area contributed by atoms with Crippen molar-refractivity contribution in [1.29, 1.82) is 0 Å². The molecule has 0 spiro atoms. The molecule has 0 bridgehead atoms. The summed E-state index contributed by atoms with van der Waals surface area (Å²) in [7, 11) is 0. The zero-order chi connectivity index (χ0) is 17.9. The van der Waals surface area contributed by atoms with Crippen LogP contribution in [-0.4, -0.2) is 31.4 Å². The molecule has 26 heavy (non-hydrogen) atoms.